The summed E-state index contributed by atoms with van der Waals surface area (Å²) in [6, 6.07) is 7.76. The molecule has 126 valence electrons. The number of methoxy groups -OCH3 is 1. The molecule has 0 radical (unpaired) electrons. The van der Waals surface area contributed by atoms with Crippen molar-refractivity contribution in [2.75, 3.05) is 20.3 Å². The summed E-state index contributed by atoms with van der Waals surface area (Å²) in [4.78, 5) is 14.8. The summed E-state index contributed by atoms with van der Waals surface area (Å²) < 4.78 is 17.2. The molecule has 0 spiro atoms. The number of fused-ring (bicyclic) bond motifs is 3. The second kappa shape index (κ2) is 5.76. The molecule has 5 nitrogen and oxygen atoms in total. The number of ether oxygens (including phenoxy) is 3. The van der Waals surface area contributed by atoms with Gasteiger partial charge in [0.15, 0.2) is 0 Å². The molecule has 2 fully saturated rings. The lowest BCUT2D eigenvalue weighted by molar-refractivity contribution is -0.135. The van der Waals surface area contributed by atoms with Crippen LogP contribution in [0.1, 0.15) is 5.56 Å². The third-order valence-corrected chi connectivity index (χ3v) is 5.14. The minimum absolute atomic E-state index is 0.0773. The molecular formula is C19H21NO4. The van der Waals surface area contributed by atoms with Crippen molar-refractivity contribution < 1.29 is 19.0 Å². The molecule has 0 aliphatic carbocycles. The van der Waals surface area contributed by atoms with E-state index >= 15 is 0 Å². The molecule has 0 unspecified atom stereocenters. The first-order valence-electron chi connectivity index (χ1n) is 8.18. The van der Waals surface area contributed by atoms with Crippen LogP contribution in [0.25, 0.3) is 0 Å². The molecule has 1 amide bonds. The van der Waals surface area contributed by atoms with E-state index in [1.54, 1.807) is 13.2 Å². The molecule has 0 aromatic heterocycles. The SMILES string of the molecule is C=C[C@]12CN(Cc3ccc(OC)cc3)C(=O)[C@H]1[C@@H]1OCC=C[C@@H]1O2. The maximum atomic E-state index is 13.0. The van der Waals surface area contributed by atoms with Gasteiger partial charge in [-0.15, -0.1) is 6.58 Å². The summed E-state index contributed by atoms with van der Waals surface area (Å²) in [5.74, 6) is 0.566. The molecule has 2 saturated heterocycles. The van der Waals surface area contributed by atoms with Gasteiger partial charge in [0.2, 0.25) is 5.91 Å². The van der Waals surface area contributed by atoms with Crippen molar-refractivity contribution in [3.8, 4) is 5.75 Å². The van der Waals surface area contributed by atoms with Crippen LogP contribution in [-0.2, 0) is 20.8 Å². The first-order chi connectivity index (χ1) is 11.7. The van der Waals surface area contributed by atoms with E-state index in [-0.39, 0.29) is 24.0 Å². The van der Waals surface area contributed by atoms with E-state index in [0.29, 0.717) is 19.7 Å². The van der Waals surface area contributed by atoms with Gasteiger partial charge in [0.05, 0.1) is 20.3 Å². The van der Waals surface area contributed by atoms with E-state index in [2.05, 4.69) is 6.58 Å². The standard InChI is InChI=1S/C19H21NO4/c1-3-19-12-20(11-13-6-8-14(22-2)9-7-13)18(21)16(19)17-15(24-19)5-4-10-23-17/h3-9,15-17H,1,10-12H2,2H3/t15-,16+,17+,19-/m0/s1. The van der Waals surface area contributed by atoms with Crippen LogP contribution in [-0.4, -0.2) is 48.9 Å². The van der Waals surface area contributed by atoms with Gasteiger partial charge < -0.3 is 19.1 Å². The van der Waals surface area contributed by atoms with Gasteiger partial charge in [-0.25, -0.2) is 0 Å². The first kappa shape index (κ1) is 15.4. The fourth-order valence-corrected chi connectivity index (χ4v) is 3.94. The summed E-state index contributed by atoms with van der Waals surface area (Å²) in [7, 11) is 1.64. The van der Waals surface area contributed by atoms with E-state index in [9.17, 15) is 4.79 Å². The summed E-state index contributed by atoms with van der Waals surface area (Å²) in [6.07, 6.45) is 5.34. The minimum Gasteiger partial charge on any atom is -0.497 e. The second-order valence-electron chi connectivity index (χ2n) is 6.49. The monoisotopic (exact) mass is 327 g/mol. The number of amides is 1. The largest absolute Gasteiger partial charge is 0.497 e. The third kappa shape index (κ3) is 2.27. The number of hydrogen-bond acceptors (Lipinski definition) is 4. The van der Waals surface area contributed by atoms with E-state index in [1.165, 1.54) is 0 Å². The molecular weight excluding hydrogens is 306 g/mol. The second-order valence-corrected chi connectivity index (χ2v) is 6.49. The Bertz CT molecular complexity index is 683. The van der Waals surface area contributed by atoms with Gasteiger partial charge in [0.1, 0.15) is 29.5 Å². The van der Waals surface area contributed by atoms with Crippen LogP contribution >= 0.6 is 0 Å². The van der Waals surface area contributed by atoms with Crippen LogP contribution in [0.5, 0.6) is 5.75 Å². The van der Waals surface area contributed by atoms with E-state index in [4.69, 9.17) is 14.2 Å². The van der Waals surface area contributed by atoms with Crippen LogP contribution in [0.2, 0.25) is 0 Å². The molecule has 24 heavy (non-hydrogen) atoms. The quantitative estimate of drug-likeness (QED) is 0.793. The molecule has 1 aromatic rings. The lowest BCUT2D eigenvalue weighted by atomic mass is 9.87. The number of likely N-dealkylation sites (tertiary alicyclic amines) is 1. The molecule has 3 heterocycles. The fraction of sp³-hybridized carbons (Fsp3) is 0.421. The summed E-state index contributed by atoms with van der Waals surface area (Å²) in [5.41, 5.74) is 0.400. The van der Waals surface area contributed by atoms with Gasteiger partial charge in [0, 0.05) is 6.54 Å². The highest BCUT2D eigenvalue weighted by Crippen LogP contribution is 2.46. The smallest absolute Gasteiger partial charge is 0.232 e. The Balaban J connectivity index is 1.56. The molecule has 4 atom stereocenters. The lowest BCUT2D eigenvalue weighted by Gasteiger charge is -2.26. The summed E-state index contributed by atoms with van der Waals surface area (Å²) >= 11 is 0. The van der Waals surface area contributed by atoms with Crippen LogP contribution in [0.4, 0.5) is 0 Å². The van der Waals surface area contributed by atoms with E-state index in [1.807, 2.05) is 41.3 Å². The maximum Gasteiger partial charge on any atom is 0.232 e. The number of carbonyl (C=O) groups excluding carboxylic acids is 1. The first-order valence-corrected chi connectivity index (χ1v) is 8.18. The minimum atomic E-state index is -0.659. The van der Waals surface area contributed by atoms with Crippen molar-refractivity contribution >= 4 is 5.91 Å². The molecule has 0 bridgehead atoms. The van der Waals surface area contributed by atoms with Crippen LogP contribution in [0, 0.1) is 5.92 Å². The highest BCUT2D eigenvalue weighted by Gasteiger charge is 2.63. The topological polar surface area (TPSA) is 48.0 Å². The fourth-order valence-electron chi connectivity index (χ4n) is 3.94. The van der Waals surface area contributed by atoms with Crippen molar-refractivity contribution in [2.24, 2.45) is 5.92 Å². The predicted molar refractivity (Wildman–Crippen MR) is 88.6 cm³/mol. The molecule has 0 saturated carbocycles. The highest BCUT2D eigenvalue weighted by atomic mass is 16.6. The Hall–Kier alpha value is -2.11. The number of nitrogens with zero attached hydrogens (tertiary/aromatic N) is 1. The van der Waals surface area contributed by atoms with Gasteiger partial charge in [-0.1, -0.05) is 30.4 Å². The number of carbonyl (C=O) groups is 1. The Morgan fingerprint density at radius 3 is 2.92 bits per heavy atom. The van der Waals surface area contributed by atoms with E-state index < -0.39 is 5.60 Å². The van der Waals surface area contributed by atoms with Crippen molar-refractivity contribution in [3.63, 3.8) is 0 Å². The van der Waals surface area contributed by atoms with Gasteiger partial charge in [-0.05, 0) is 17.7 Å². The zero-order valence-electron chi connectivity index (χ0n) is 13.7. The highest BCUT2D eigenvalue weighted by molar-refractivity contribution is 5.85. The number of rotatable bonds is 4. The third-order valence-electron chi connectivity index (χ3n) is 5.14. The van der Waals surface area contributed by atoms with Crippen molar-refractivity contribution in [2.45, 2.75) is 24.4 Å². The predicted octanol–water partition coefficient (Wildman–Crippen LogP) is 1.93. The Kier molecular flexibility index (Phi) is 3.70. The zero-order valence-corrected chi connectivity index (χ0v) is 13.7. The van der Waals surface area contributed by atoms with Crippen LogP contribution in [0.15, 0.2) is 49.1 Å². The van der Waals surface area contributed by atoms with Crippen LogP contribution < -0.4 is 4.74 Å². The van der Waals surface area contributed by atoms with Gasteiger partial charge in [-0.2, -0.15) is 0 Å². The Morgan fingerprint density at radius 1 is 1.42 bits per heavy atom. The van der Waals surface area contributed by atoms with Gasteiger partial charge in [0.25, 0.3) is 0 Å². The number of benzene rings is 1. The molecule has 0 N–H and O–H groups in total. The Labute approximate surface area is 141 Å². The molecule has 4 rings (SSSR count). The van der Waals surface area contributed by atoms with Crippen LogP contribution in [0.3, 0.4) is 0 Å². The maximum absolute atomic E-state index is 13.0. The van der Waals surface area contributed by atoms with E-state index in [0.717, 1.165) is 11.3 Å². The zero-order chi connectivity index (χ0) is 16.7. The van der Waals surface area contributed by atoms with Crippen molar-refractivity contribution in [1.82, 2.24) is 4.90 Å². The number of hydrogen-bond donors (Lipinski definition) is 0. The average Bonchev–Trinajstić information content (AvgIpc) is 3.08. The summed E-state index contributed by atoms with van der Waals surface area (Å²) in [5, 5.41) is 0. The normalized spacial score (nSPS) is 34.1. The molecule has 5 heteroatoms. The van der Waals surface area contributed by atoms with Crippen molar-refractivity contribution in [3.05, 3.63) is 54.6 Å². The molecule has 1 aromatic carbocycles. The van der Waals surface area contributed by atoms with Crippen molar-refractivity contribution in [1.29, 1.82) is 0 Å². The summed E-state index contributed by atoms with van der Waals surface area (Å²) in [6.45, 7) is 5.52. The molecule has 3 aliphatic heterocycles. The Morgan fingerprint density at radius 2 is 2.21 bits per heavy atom. The van der Waals surface area contributed by atoms with Gasteiger partial charge in [-0.3, -0.25) is 4.79 Å². The molecule has 3 aliphatic rings. The lowest BCUT2D eigenvalue weighted by Crippen LogP contribution is -2.39. The average molecular weight is 327 g/mol. The van der Waals surface area contributed by atoms with Gasteiger partial charge >= 0.3 is 0 Å².